The molecule has 21 heavy (non-hydrogen) atoms. The number of aliphatic imine (C=N–C) groups is 1. The molecule has 2 heterocycles. The first-order chi connectivity index (χ1) is 10.1. The second-order valence-corrected chi connectivity index (χ2v) is 5.75. The highest BCUT2D eigenvalue weighted by molar-refractivity contribution is 6.30. The number of amidine groups is 1. The van der Waals surface area contributed by atoms with E-state index in [-0.39, 0.29) is 11.9 Å². The van der Waals surface area contributed by atoms with Gasteiger partial charge in [-0.1, -0.05) is 30.2 Å². The zero-order valence-corrected chi connectivity index (χ0v) is 12.2. The molecule has 0 bridgehead atoms. The quantitative estimate of drug-likeness (QED) is 0.816. The molecule has 2 aliphatic heterocycles. The van der Waals surface area contributed by atoms with Crippen LogP contribution < -0.4 is 10.6 Å². The van der Waals surface area contributed by atoms with E-state index in [1.807, 2.05) is 0 Å². The lowest BCUT2D eigenvalue weighted by Gasteiger charge is -2.28. The van der Waals surface area contributed by atoms with Crippen molar-refractivity contribution >= 4 is 29.3 Å². The Balaban J connectivity index is 1.85. The summed E-state index contributed by atoms with van der Waals surface area (Å²) in [5, 5.41) is 6.54. The molecular weight excluding hydrogens is 290 g/mol. The maximum Gasteiger partial charge on any atom is 0.264 e. The van der Waals surface area contributed by atoms with Gasteiger partial charge >= 0.3 is 0 Å². The topological polar surface area (TPSA) is 70.6 Å². The van der Waals surface area contributed by atoms with Crippen molar-refractivity contribution in [2.24, 2.45) is 4.99 Å². The van der Waals surface area contributed by atoms with Crippen molar-refractivity contribution in [2.45, 2.75) is 31.2 Å². The van der Waals surface area contributed by atoms with Crippen LogP contribution in [0.25, 0.3) is 0 Å². The molecule has 0 aromatic heterocycles. The van der Waals surface area contributed by atoms with Gasteiger partial charge in [-0.05, 0) is 37.1 Å². The molecule has 2 aliphatic rings. The summed E-state index contributed by atoms with van der Waals surface area (Å²) < 4.78 is 0. The average molecular weight is 306 g/mol. The van der Waals surface area contributed by atoms with Crippen molar-refractivity contribution in [3.8, 4) is 0 Å². The maximum atomic E-state index is 12.3. The molecule has 3 rings (SSSR count). The Kier molecular flexibility index (Phi) is 4.03. The lowest BCUT2D eigenvalue weighted by atomic mass is 9.95. The molecule has 2 N–H and O–H groups in total. The molecule has 1 aromatic rings. The van der Waals surface area contributed by atoms with Crippen LogP contribution in [0.3, 0.4) is 0 Å². The number of amides is 2. The summed E-state index contributed by atoms with van der Waals surface area (Å²) in [6.07, 6.45) is 3.06. The van der Waals surface area contributed by atoms with Gasteiger partial charge in [0.1, 0.15) is 11.8 Å². The summed E-state index contributed by atoms with van der Waals surface area (Å²) in [4.78, 5) is 28.6. The Labute approximate surface area is 127 Å². The molecule has 6 heteroatoms. The number of benzene rings is 1. The largest absolute Gasteiger partial charge is 0.312 e. The molecule has 1 aromatic carbocycles. The standard InChI is InChI=1S/C15H16ClN3O2/c16-10-5-3-4-9(8-10)12-14(20)18-13(19-15(12)21)11-6-1-2-7-17-11/h3-5,8,11-12,17H,1-2,6-7H2,(H,18,19,20,21). The van der Waals surface area contributed by atoms with Gasteiger partial charge in [-0.2, -0.15) is 4.99 Å². The second-order valence-electron chi connectivity index (χ2n) is 5.32. The number of nitrogens with one attached hydrogen (secondary N) is 2. The van der Waals surface area contributed by atoms with Gasteiger partial charge in [-0.15, -0.1) is 0 Å². The first-order valence-corrected chi connectivity index (χ1v) is 7.45. The number of carbonyl (C=O) groups is 2. The zero-order chi connectivity index (χ0) is 14.8. The van der Waals surface area contributed by atoms with Crippen LogP contribution in [-0.2, 0) is 9.59 Å². The van der Waals surface area contributed by atoms with Crippen molar-refractivity contribution in [3.63, 3.8) is 0 Å². The molecule has 0 aliphatic carbocycles. The van der Waals surface area contributed by atoms with Gasteiger partial charge in [-0.3, -0.25) is 9.59 Å². The normalized spacial score (nSPS) is 26.2. The minimum atomic E-state index is -0.906. The van der Waals surface area contributed by atoms with E-state index in [4.69, 9.17) is 11.6 Å². The molecular formula is C15H16ClN3O2. The van der Waals surface area contributed by atoms with Crippen LogP contribution in [-0.4, -0.2) is 30.2 Å². The summed E-state index contributed by atoms with van der Waals surface area (Å²) in [5.74, 6) is -1.22. The minimum Gasteiger partial charge on any atom is -0.312 e. The number of rotatable bonds is 2. The molecule has 0 saturated carbocycles. The van der Waals surface area contributed by atoms with Crippen molar-refractivity contribution < 1.29 is 9.59 Å². The predicted octanol–water partition coefficient (Wildman–Crippen LogP) is 1.62. The highest BCUT2D eigenvalue weighted by Crippen LogP contribution is 2.24. The Hall–Kier alpha value is -1.72. The second kappa shape index (κ2) is 5.95. The van der Waals surface area contributed by atoms with Gasteiger partial charge in [0.2, 0.25) is 5.91 Å². The van der Waals surface area contributed by atoms with Gasteiger partial charge in [-0.25, -0.2) is 0 Å². The molecule has 2 unspecified atom stereocenters. The number of carbonyl (C=O) groups excluding carboxylic acids is 2. The summed E-state index contributed by atoms with van der Waals surface area (Å²) in [6, 6.07) is 6.74. The van der Waals surface area contributed by atoms with E-state index in [0.29, 0.717) is 16.4 Å². The molecule has 1 fully saturated rings. The highest BCUT2D eigenvalue weighted by atomic mass is 35.5. The minimum absolute atomic E-state index is 0.0352. The molecule has 1 saturated heterocycles. The van der Waals surface area contributed by atoms with E-state index in [9.17, 15) is 9.59 Å². The fraction of sp³-hybridized carbons (Fsp3) is 0.400. The smallest absolute Gasteiger partial charge is 0.264 e. The average Bonchev–Trinajstić information content (AvgIpc) is 2.47. The van der Waals surface area contributed by atoms with E-state index in [0.717, 1.165) is 25.8 Å². The summed E-state index contributed by atoms with van der Waals surface area (Å²) in [7, 11) is 0. The van der Waals surface area contributed by atoms with Gasteiger partial charge < -0.3 is 10.6 Å². The van der Waals surface area contributed by atoms with Crippen LogP contribution >= 0.6 is 11.6 Å². The Bertz CT molecular complexity index is 609. The third kappa shape index (κ3) is 2.99. The summed E-state index contributed by atoms with van der Waals surface area (Å²) >= 11 is 5.92. The number of hydrogen-bond acceptors (Lipinski definition) is 3. The number of nitrogens with zero attached hydrogens (tertiary/aromatic N) is 1. The Morgan fingerprint density at radius 2 is 2.10 bits per heavy atom. The summed E-state index contributed by atoms with van der Waals surface area (Å²) in [6.45, 7) is 0.880. The van der Waals surface area contributed by atoms with Gasteiger partial charge in [0.25, 0.3) is 5.91 Å². The monoisotopic (exact) mass is 305 g/mol. The van der Waals surface area contributed by atoms with E-state index >= 15 is 0 Å². The van der Waals surface area contributed by atoms with Crippen LogP contribution in [0.2, 0.25) is 5.02 Å². The molecule has 5 nitrogen and oxygen atoms in total. The fourth-order valence-electron chi connectivity index (χ4n) is 2.75. The number of hydrogen-bond donors (Lipinski definition) is 2. The van der Waals surface area contributed by atoms with Crippen LogP contribution in [0.1, 0.15) is 30.7 Å². The van der Waals surface area contributed by atoms with Crippen LogP contribution in [0.4, 0.5) is 0 Å². The third-order valence-corrected chi connectivity index (χ3v) is 4.05. The van der Waals surface area contributed by atoms with Crippen molar-refractivity contribution in [2.75, 3.05) is 6.54 Å². The Morgan fingerprint density at radius 1 is 1.24 bits per heavy atom. The van der Waals surface area contributed by atoms with Crippen molar-refractivity contribution in [1.82, 2.24) is 10.6 Å². The third-order valence-electron chi connectivity index (χ3n) is 3.81. The molecule has 0 radical (unpaired) electrons. The van der Waals surface area contributed by atoms with Crippen LogP contribution in [0.5, 0.6) is 0 Å². The van der Waals surface area contributed by atoms with Crippen LogP contribution in [0.15, 0.2) is 29.3 Å². The predicted molar refractivity (Wildman–Crippen MR) is 80.4 cm³/mol. The lowest BCUT2D eigenvalue weighted by Crippen LogP contribution is -2.53. The fourth-order valence-corrected chi connectivity index (χ4v) is 2.95. The summed E-state index contributed by atoms with van der Waals surface area (Å²) in [5.41, 5.74) is 0.574. The first kappa shape index (κ1) is 14.2. The van der Waals surface area contributed by atoms with Gasteiger partial charge in [0.15, 0.2) is 0 Å². The Morgan fingerprint density at radius 3 is 2.76 bits per heavy atom. The van der Waals surface area contributed by atoms with Gasteiger partial charge in [0, 0.05) is 5.02 Å². The van der Waals surface area contributed by atoms with E-state index in [2.05, 4.69) is 15.6 Å². The van der Waals surface area contributed by atoms with Gasteiger partial charge in [0.05, 0.1) is 6.04 Å². The maximum absolute atomic E-state index is 12.3. The molecule has 2 atom stereocenters. The molecule has 2 amide bonds. The lowest BCUT2D eigenvalue weighted by molar-refractivity contribution is -0.129. The SMILES string of the molecule is O=C1N=C(C2CCCCN2)NC(=O)C1c1cccc(Cl)c1. The highest BCUT2D eigenvalue weighted by Gasteiger charge is 2.35. The first-order valence-electron chi connectivity index (χ1n) is 7.07. The number of halogens is 1. The van der Waals surface area contributed by atoms with Crippen LogP contribution in [0, 0.1) is 0 Å². The van der Waals surface area contributed by atoms with E-state index in [1.54, 1.807) is 24.3 Å². The van der Waals surface area contributed by atoms with Crippen molar-refractivity contribution in [3.05, 3.63) is 34.9 Å². The zero-order valence-electron chi connectivity index (χ0n) is 11.4. The molecule has 110 valence electrons. The van der Waals surface area contributed by atoms with E-state index in [1.165, 1.54) is 0 Å². The number of piperidine rings is 1. The van der Waals surface area contributed by atoms with Crippen molar-refractivity contribution in [1.29, 1.82) is 0 Å². The molecule has 0 spiro atoms. The van der Waals surface area contributed by atoms with E-state index < -0.39 is 11.8 Å².